The van der Waals surface area contributed by atoms with Crippen molar-refractivity contribution in [3.8, 4) is 0 Å². The van der Waals surface area contributed by atoms with Gasteiger partial charge in [0, 0.05) is 15.7 Å². The lowest BCUT2D eigenvalue weighted by Gasteiger charge is -2.08. The van der Waals surface area contributed by atoms with Gasteiger partial charge in [0.25, 0.3) is 5.91 Å². The van der Waals surface area contributed by atoms with E-state index in [0.29, 0.717) is 27.0 Å². The van der Waals surface area contributed by atoms with Crippen LogP contribution in [0.2, 0.25) is 0 Å². The van der Waals surface area contributed by atoms with Crippen LogP contribution in [0.25, 0.3) is 0 Å². The Hall–Kier alpha value is -2.21. The van der Waals surface area contributed by atoms with Crippen LogP contribution in [0.15, 0.2) is 52.1 Å². The van der Waals surface area contributed by atoms with Crippen LogP contribution in [-0.2, 0) is 0 Å². The summed E-state index contributed by atoms with van der Waals surface area (Å²) in [5.74, 6) is -0.784. The van der Waals surface area contributed by atoms with Crippen LogP contribution in [0.1, 0.15) is 22.8 Å². The summed E-state index contributed by atoms with van der Waals surface area (Å²) in [6, 6.07) is 10.7. The summed E-state index contributed by atoms with van der Waals surface area (Å²) in [6.45, 7) is 1.65. The third kappa shape index (κ3) is 3.66. The first-order valence-corrected chi connectivity index (χ1v) is 6.86. The predicted octanol–water partition coefficient (Wildman–Crippen LogP) is 4.04. The maximum Gasteiger partial charge on any atom is 0.256 e. The molecule has 0 unspecified atom stereocenters. The van der Waals surface area contributed by atoms with E-state index in [1.807, 2.05) is 0 Å². The highest BCUT2D eigenvalue weighted by atomic mass is 79.9. The van der Waals surface area contributed by atoms with Crippen LogP contribution >= 0.6 is 15.9 Å². The Morgan fingerprint density at radius 2 is 2.05 bits per heavy atom. The Kier molecular flexibility index (Phi) is 4.70. The van der Waals surface area contributed by atoms with Crippen molar-refractivity contribution in [1.82, 2.24) is 0 Å². The van der Waals surface area contributed by atoms with E-state index < -0.39 is 5.82 Å². The lowest BCUT2D eigenvalue weighted by Crippen LogP contribution is -2.13. The van der Waals surface area contributed by atoms with Crippen LogP contribution in [-0.4, -0.2) is 16.8 Å². The van der Waals surface area contributed by atoms with E-state index in [9.17, 15) is 9.18 Å². The van der Waals surface area contributed by atoms with Crippen LogP contribution in [0.3, 0.4) is 0 Å². The van der Waals surface area contributed by atoms with Crippen molar-refractivity contribution in [2.45, 2.75) is 6.92 Å². The van der Waals surface area contributed by atoms with Crippen molar-refractivity contribution < 1.29 is 14.4 Å². The van der Waals surface area contributed by atoms with E-state index in [2.05, 4.69) is 26.4 Å². The molecule has 0 atom stereocenters. The largest absolute Gasteiger partial charge is 0.411 e. The van der Waals surface area contributed by atoms with Gasteiger partial charge in [-0.15, -0.1) is 0 Å². The minimum absolute atomic E-state index is 0.328. The van der Waals surface area contributed by atoms with E-state index in [4.69, 9.17) is 5.21 Å². The lowest BCUT2D eigenvalue weighted by atomic mass is 10.1. The van der Waals surface area contributed by atoms with Crippen LogP contribution in [0, 0.1) is 5.82 Å². The summed E-state index contributed by atoms with van der Waals surface area (Å²) in [6.07, 6.45) is 0. The SMILES string of the molecule is C/C(=N\O)c1cccc(NC(=O)c2ccc(F)cc2Br)c1. The number of rotatable bonds is 3. The molecule has 4 nitrogen and oxygen atoms in total. The molecule has 2 aromatic carbocycles. The fraction of sp³-hybridized carbons (Fsp3) is 0.0667. The number of oxime groups is 1. The van der Waals surface area contributed by atoms with Gasteiger partial charge in [-0.3, -0.25) is 4.79 Å². The van der Waals surface area contributed by atoms with Crippen LogP contribution < -0.4 is 5.32 Å². The maximum atomic E-state index is 13.0. The molecule has 0 spiro atoms. The van der Waals surface area contributed by atoms with E-state index in [-0.39, 0.29) is 5.91 Å². The van der Waals surface area contributed by atoms with E-state index >= 15 is 0 Å². The molecule has 0 saturated carbocycles. The molecule has 0 aliphatic carbocycles. The van der Waals surface area contributed by atoms with Crippen LogP contribution in [0.4, 0.5) is 10.1 Å². The first-order valence-electron chi connectivity index (χ1n) is 6.07. The summed E-state index contributed by atoms with van der Waals surface area (Å²) in [4.78, 5) is 12.2. The van der Waals surface area contributed by atoms with Gasteiger partial charge in [-0.25, -0.2) is 4.39 Å². The lowest BCUT2D eigenvalue weighted by molar-refractivity contribution is 0.102. The molecular weight excluding hydrogens is 339 g/mol. The Morgan fingerprint density at radius 1 is 1.29 bits per heavy atom. The number of nitrogens with zero attached hydrogens (tertiary/aromatic N) is 1. The zero-order valence-electron chi connectivity index (χ0n) is 11.1. The van der Waals surface area contributed by atoms with Crippen molar-refractivity contribution in [3.05, 3.63) is 63.9 Å². The summed E-state index contributed by atoms with van der Waals surface area (Å²) in [5, 5.41) is 14.6. The molecule has 0 saturated heterocycles. The fourth-order valence-corrected chi connectivity index (χ4v) is 2.28. The Bertz CT molecular complexity index is 717. The van der Waals surface area contributed by atoms with Crippen LogP contribution in [0.5, 0.6) is 0 Å². The number of benzene rings is 2. The summed E-state index contributed by atoms with van der Waals surface area (Å²) in [7, 11) is 0. The van der Waals surface area contributed by atoms with Gasteiger partial charge in [0.1, 0.15) is 5.82 Å². The number of anilines is 1. The predicted molar refractivity (Wildman–Crippen MR) is 82.5 cm³/mol. The van der Waals surface area contributed by atoms with E-state index in [0.717, 1.165) is 0 Å². The molecule has 2 aromatic rings. The molecule has 0 aliphatic heterocycles. The van der Waals surface area contributed by atoms with Crippen molar-refractivity contribution >= 4 is 33.2 Å². The second kappa shape index (κ2) is 6.49. The van der Waals surface area contributed by atoms with Crippen molar-refractivity contribution in [1.29, 1.82) is 0 Å². The molecule has 0 aliphatic rings. The number of amides is 1. The molecule has 2 rings (SSSR count). The number of carbonyl (C=O) groups excluding carboxylic acids is 1. The van der Waals surface area contributed by atoms with E-state index in [1.54, 1.807) is 31.2 Å². The average Bonchev–Trinajstić information content (AvgIpc) is 2.46. The van der Waals surface area contributed by atoms with Crippen molar-refractivity contribution in [3.63, 3.8) is 0 Å². The Morgan fingerprint density at radius 3 is 2.71 bits per heavy atom. The number of hydrogen-bond donors (Lipinski definition) is 2. The Balaban J connectivity index is 2.23. The minimum Gasteiger partial charge on any atom is -0.411 e. The zero-order chi connectivity index (χ0) is 15.4. The van der Waals surface area contributed by atoms with Gasteiger partial charge < -0.3 is 10.5 Å². The Labute approximate surface area is 129 Å². The fourth-order valence-electron chi connectivity index (χ4n) is 1.75. The topological polar surface area (TPSA) is 61.7 Å². The van der Waals surface area contributed by atoms with Gasteiger partial charge in [0.05, 0.1) is 11.3 Å². The third-order valence-electron chi connectivity index (χ3n) is 2.86. The van der Waals surface area contributed by atoms with Gasteiger partial charge in [-0.05, 0) is 53.2 Å². The standard InChI is InChI=1S/C15H12BrFN2O2/c1-9(19-21)10-3-2-4-12(7-10)18-15(20)13-6-5-11(17)8-14(13)16/h2-8,21H,1H3,(H,18,20)/b19-9+. The van der Waals surface area contributed by atoms with E-state index in [1.165, 1.54) is 18.2 Å². The number of nitrogens with one attached hydrogen (secondary N) is 1. The third-order valence-corrected chi connectivity index (χ3v) is 3.52. The molecule has 0 radical (unpaired) electrons. The molecular formula is C15H12BrFN2O2. The molecule has 0 fully saturated rings. The summed E-state index contributed by atoms with van der Waals surface area (Å²) >= 11 is 3.16. The summed E-state index contributed by atoms with van der Waals surface area (Å²) < 4.78 is 13.4. The van der Waals surface area contributed by atoms with Gasteiger partial charge in [0.15, 0.2) is 0 Å². The quantitative estimate of drug-likeness (QED) is 0.498. The molecule has 0 heterocycles. The highest BCUT2D eigenvalue weighted by molar-refractivity contribution is 9.10. The zero-order valence-corrected chi connectivity index (χ0v) is 12.7. The highest BCUT2D eigenvalue weighted by Crippen LogP contribution is 2.20. The molecule has 0 bridgehead atoms. The molecule has 0 aromatic heterocycles. The number of halogens is 2. The van der Waals surface area contributed by atoms with Gasteiger partial charge in [0.2, 0.25) is 0 Å². The monoisotopic (exact) mass is 350 g/mol. The van der Waals surface area contributed by atoms with Gasteiger partial charge >= 0.3 is 0 Å². The molecule has 1 amide bonds. The molecule has 21 heavy (non-hydrogen) atoms. The minimum atomic E-state index is -0.421. The molecule has 6 heteroatoms. The first kappa shape index (κ1) is 15.2. The molecule has 2 N–H and O–H groups in total. The highest BCUT2D eigenvalue weighted by Gasteiger charge is 2.11. The summed E-state index contributed by atoms with van der Waals surface area (Å²) in [5.41, 5.74) is 2.01. The average molecular weight is 351 g/mol. The first-order chi connectivity index (χ1) is 10.0. The smallest absolute Gasteiger partial charge is 0.256 e. The second-order valence-corrected chi connectivity index (χ2v) is 5.20. The normalized spacial score (nSPS) is 11.3. The number of carbonyl (C=O) groups is 1. The van der Waals surface area contributed by atoms with Gasteiger partial charge in [-0.2, -0.15) is 0 Å². The number of hydrogen-bond acceptors (Lipinski definition) is 3. The van der Waals surface area contributed by atoms with Gasteiger partial charge in [-0.1, -0.05) is 17.3 Å². The molecule has 108 valence electrons. The second-order valence-electron chi connectivity index (χ2n) is 4.34. The van der Waals surface area contributed by atoms with Crippen molar-refractivity contribution in [2.24, 2.45) is 5.16 Å². The van der Waals surface area contributed by atoms with Crippen molar-refractivity contribution in [2.75, 3.05) is 5.32 Å². The maximum absolute atomic E-state index is 13.0.